The van der Waals surface area contributed by atoms with Crippen LogP contribution in [0.1, 0.15) is 60.0 Å². The van der Waals surface area contributed by atoms with Gasteiger partial charge in [-0.05, 0) is 68.4 Å². The van der Waals surface area contributed by atoms with E-state index in [1.807, 2.05) is 65.6 Å². The number of pyridine rings is 1. The normalized spacial score (nSPS) is 19.3. The second-order valence-electron chi connectivity index (χ2n) is 12.2. The maximum absolute atomic E-state index is 14.2. The zero-order valence-electron chi connectivity index (χ0n) is 24.7. The highest BCUT2D eigenvalue weighted by molar-refractivity contribution is 5.97. The van der Waals surface area contributed by atoms with Crippen LogP contribution in [0.25, 0.3) is 0 Å². The molecular weight excluding hydrogens is 538 g/mol. The number of amides is 2. The van der Waals surface area contributed by atoms with Gasteiger partial charge >= 0.3 is 0 Å². The SMILES string of the molecule is N#Cc1ccc(N2CCCC3(CCN(C(=O)C4CC4)CC3)COc3ccccc3C(=O)N(Cc3ccccc3)CC2)nc1. The minimum Gasteiger partial charge on any atom is -0.492 e. The first-order valence-electron chi connectivity index (χ1n) is 15.5. The monoisotopic (exact) mass is 577 g/mol. The quantitative estimate of drug-likeness (QED) is 0.419. The fourth-order valence-electron chi connectivity index (χ4n) is 6.35. The zero-order valence-corrected chi connectivity index (χ0v) is 24.7. The number of ether oxygens (including phenoxy) is 1. The van der Waals surface area contributed by atoms with Crippen LogP contribution in [0.5, 0.6) is 5.75 Å². The summed E-state index contributed by atoms with van der Waals surface area (Å²) in [6, 6.07) is 23.5. The Balaban J connectivity index is 1.29. The third kappa shape index (κ3) is 6.83. The van der Waals surface area contributed by atoms with Gasteiger partial charge in [-0.2, -0.15) is 5.26 Å². The predicted octanol–water partition coefficient (Wildman–Crippen LogP) is 5.29. The summed E-state index contributed by atoms with van der Waals surface area (Å²) in [4.78, 5) is 37.7. The maximum atomic E-state index is 14.2. The molecule has 6 rings (SSSR count). The molecule has 1 aromatic heterocycles. The first kappa shape index (κ1) is 28.7. The van der Waals surface area contributed by atoms with Crippen LogP contribution in [0, 0.1) is 22.7 Å². The number of nitriles is 1. The molecule has 3 aliphatic rings. The number of piperidine rings is 1. The van der Waals surface area contributed by atoms with E-state index < -0.39 is 0 Å². The van der Waals surface area contributed by atoms with Gasteiger partial charge in [0.05, 0.1) is 17.7 Å². The number of aromatic nitrogens is 1. The molecule has 0 radical (unpaired) electrons. The van der Waals surface area contributed by atoms with Crippen molar-refractivity contribution in [2.75, 3.05) is 44.2 Å². The van der Waals surface area contributed by atoms with Gasteiger partial charge in [0.2, 0.25) is 5.91 Å². The summed E-state index contributed by atoms with van der Waals surface area (Å²) < 4.78 is 6.55. The maximum Gasteiger partial charge on any atom is 0.257 e. The Kier molecular flexibility index (Phi) is 8.59. The second-order valence-corrected chi connectivity index (χ2v) is 12.2. The van der Waals surface area contributed by atoms with Crippen molar-refractivity contribution >= 4 is 17.6 Å². The number of fused-ring (bicyclic) bond motifs is 1. The van der Waals surface area contributed by atoms with E-state index in [0.29, 0.717) is 49.0 Å². The molecule has 2 aromatic carbocycles. The van der Waals surface area contributed by atoms with Gasteiger partial charge in [0.1, 0.15) is 17.6 Å². The van der Waals surface area contributed by atoms with Crippen molar-refractivity contribution in [1.29, 1.82) is 5.26 Å². The van der Waals surface area contributed by atoms with Crippen LogP contribution < -0.4 is 9.64 Å². The number of likely N-dealkylation sites (tertiary alicyclic amines) is 1. The molecule has 43 heavy (non-hydrogen) atoms. The average Bonchev–Trinajstić information content (AvgIpc) is 3.91. The molecule has 0 bridgehead atoms. The zero-order chi connectivity index (χ0) is 29.6. The van der Waals surface area contributed by atoms with E-state index in [9.17, 15) is 14.9 Å². The molecule has 8 nitrogen and oxygen atoms in total. The summed E-state index contributed by atoms with van der Waals surface area (Å²) in [5, 5.41) is 9.30. The molecule has 8 heteroatoms. The Morgan fingerprint density at radius 1 is 0.930 bits per heavy atom. The first-order chi connectivity index (χ1) is 21.0. The molecule has 1 saturated heterocycles. The Labute approximate surface area is 253 Å². The standard InChI is InChI=1S/C35H39N5O3/c36-23-28-11-14-32(37-24-28)38-18-6-15-35(16-19-39(20-17-35)33(41)29-12-13-29)26-43-31-10-5-4-9-30(31)34(42)40(22-21-38)25-27-7-2-1-3-8-27/h1-5,7-11,14,24,29H,6,12-13,15-22,25-26H2. The van der Waals surface area contributed by atoms with E-state index in [-0.39, 0.29) is 17.2 Å². The second kappa shape index (κ2) is 12.9. The van der Waals surface area contributed by atoms with E-state index >= 15 is 0 Å². The van der Waals surface area contributed by atoms with Crippen LogP contribution >= 0.6 is 0 Å². The van der Waals surface area contributed by atoms with E-state index in [0.717, 1.165) is 69.5 Å². The number of rotatable bonds is 4. The minimum atomic E-state index is -0.0853. The molecule has 3 heterocycles. The lowest BCUT2D eigenvalue weighted by Gasteiger charge is -2.42. The van der Waals surface area contributed by atoms with Gasteiger partial charge in [-0.3, -0.25) is 9.59 Å². The molecule has 0 atom stereocenters. The molecule has 2 fully saturated rings. The van der Waals surface area contributed by atoms with Crippen molar-refractivity contribution in [3.63, 3.8) is 0 Å². The Hall–Kier alpha value is -4.38. The van der Waals surface area contributed by atoms with Gasteiger partial charge in [0.15, 0.2) is 0 Å². The number of hydrogen-bond donors (Lipinski definition) is 0. The van der Waals surface area contributed by atoms with Crippen molar-refractivity contribution in [3.05, 3.63) is 89.6 Å². The fourth-order valence-corrected chi connectivity index (χ4v) is 6.35. The molecule has 3 aromatic rings. The largest absolute Gasteiger partial charge is 0.492 e. The Morgan fingerprint density at radius 2 is 1.70 bits per heavy atom. The number of carbonyl (C=O) groups is 2. The van der Waals surface area contributed by atoms with E-state index in [1.165, 1.54) is 0 Å². The Morgan fingerprint density at radius 3 is 2.42 bits per heavy atom. The number of benzene rings is 2. The number of para-hydroxylation sites is 1. The average molecular weight is 578 g/mol. The number of hydrogen-bond acceptors (Lipinski definition) is 6. The van der Waals surface area contributed by atoms with Crippen molar-refractivity contribution in [1.82, 2.24) is 14.8 Å². The van der Waals surface area contributed by atoms with Crippen molar-refractivity contribution in [2.24, 2.45) is 11.3 Å². The molecule has 0 unspecified atom stereocenters. The molecule has 222 valence electrons. The summed E-state index contributed by atoms with van der Waals surface area (Å²) in [7, 11) is 0. The van der Waals surface area contributed by atoms with Gasteiger partial charge in [0, 0.05) is 56.8 Å². The highest BCUT2D eigenvalue weighted by Gasteiger charge is 2.40. The molecule has 2 aliphatic heterocycles. The van der Waals surface area contributed by atoms with Crippen LogP contribution in [0.4, 0.5) is 5.82 Å². The summed E-state index contributed by atoms with van der Waals surface area (Å²) in [5.74, 6) is 1.90. The Bertz CT molecular complexity index is 1460. The van der Waals surface area contributed by atoms with Crippen molar-refractivity contribution < 1.29 is 14.3 Å². The molecule has 0 N–H and O–H groups in total. The third-order valence-electron chi connectivity index (χ3n) is 9.19. The van der Waals surface area contributed by atoms with E-state index in [2.05, 4.69) is 20.9 Å². The van der Waals surface area contributed by atoms with Crippen LogP contribution in [0.2, 0.25) is 0 Å². The number of nitrogens with zero attached hydrogens (tertiary/aromatic N) is 5. The lowest BCUT2D eigenvalue weighted by Crippen LogP contribution is -2.46. The van der Waals surface area contributed by atoms with Gasteiger partial charge < -0.3 is 19.4 Å². The van der Waals surface area contributed by atoms with Crippen molar-refractivity contribution in [3.8, 4) is 11.8 Å². The topological polar surface area (TPSA) is 89.8 Å². The van der Waals surface area contributed by atoms with Crippen LogP contribution in [0.15, 0.2) is 72.9 Å². The van der Waals surface area contributed by atoms with Crippen molar-refractivity contribution in [2.45, 2.75) is 45.1 Å². The van der Waals surface area contributed by atoms with Gasteiger partial charge in [0.25, 0.3) is 5.91 Å². The molecule has 1 saturated carbocycles. The molecular formula is C35H39N5O3. The van der Waals surface area contributed by atoms with Gasteiger partial charge in [-0.25, -0.2) is 4.98 Å². The summed E-state index contributed by atoms with van der Waals surface area (Å²) in [5.41, 5.74) is 2.07. The minimum absolute atomic E-state index is 0.0645. The number of carbonyl (C=O) groups excluding carboxylic acids is 2. The van der Waals surface area contributed by atoms with E-state index in [1.54, 1.807) is 12.3 Å². The smallest absolute Gasteiger partial charge is 0.257 e. The highest BCUT2D eigenvalue weighted by Crippen LogP contribution is 2.40. The summed E-state index contributed by atoms with van der Waals surface area (Å²) in [6.45, 7) is 4.39. The highest BCUT2D eigenvalue weighted by atomic mass is 16.5. The van der Waals surface area contributed by atoms with Crippen LogP contribution in [-0.4, -0.2) is 65.9 Å². The molecule has 1 aliphatic carbocycles. The van der Waals surface area contributed by atoms with Crippen LogP contribution in [-0.2, 0) is 11.3 Å². The number of anilines is 1. The van der Waals surface area contributed by atoms with E-state index in [4.69, 9.17) is 4.74 Å². The predicted molar refractivity (Wildman–Crippen MR) is 164 cm³/mol. The first-order valence-corrected chi connectivity index (χ1v) is 15.5. The fraction of sp³-hybridized carbons (Fsp3) is 0.429. The molecule has 1 spiro atoms. The van der Waals surface area contributed by atoms with Crippen LogP contribution in [0.3, 0.4) is 0 Å². The van der Waals surface area contributed by atoms with Gasteiger partial charge in [-0.1, -0.05) is 42.5 Å². The lowest BCUT2D eigenvalue weighted by molar-refractivity contribution is -0.135. The summed E-state index contributed by atoms with van der Waals surface area (Å²) >= 11 is 0. The summed E-state index contributed by atoms with van der Waals surface area (Å²) in [6.07, 6.45) is 7.31. The lowest BCUT2D eigenvalue weighted by atomic mass is 9.75. The molecule has 2 amide bonds. The van der Waals surface area contributed by atoms with Gasteiger partial charge in [-0.15, -0.1) is 0 Å². The third-order valence-corrected chi connectivity index (χ3v) is 9.19.